The topological polar surface area (TPSA) is 45.9 Å². The van der Waals surface area contributed by atoms with Crippen LogP contribution in [0.4, 0.5) is 8.78 Å². The maximum atomic E-state index is 12.0. The molecule has 0 aliphatic rings. The largest absolute Gasteiger partial charge is 0.414 e. The monoisotopic (exact) mass is 264 g/mol. The van der Waals surface area contributed by atoms with Crippen molar-refractivity contribution in [1.29, 1.82) is 5.26 Å². The first-order valence-electron chi connectivity index (χ1n) is 4.59. The molecule has 1 aromatic heterocycles. The molecule has 16 heavy (non-hydrogen) atoms. The standard InChI is InChI=1S/C9H10F2N2OS2/c1-3-5(2)15-8-6(4-12)7(13-16-8)14-9(10)11/h5,9H,3H2,1-2H3. The molecule has 88 valence electrons. The van der Waals surface area contributed by atoms with Crippen molar-refractivity contribution in [3.63, 3.8) is 0 Å². The highest BCUT2D eigenvalue weighted by Crippen LogP contribution is 2.36. The van der Waals surface area contributed by atoms with Crippen molar-refractivity contribution in [3.05, 3.63) is 5.56 Å². The van der Waals surface area contributed by atoms with E-state index in [1.807, 2.05) is 19.9 Å². The number of aromatic nitrogens is 1. The van der Waals surface area contributed by atoms with Gasteiger partial charge in [0.15, 0.2) is 0 Å². The fourth-order valence-corrected chi connectivity index (χ4v) is 2.95. The number of thioether (sulfide) groups is 1. The van der Waals surface area contributed by atoms with E-state index in [0.29, 0.717) is 9.46 Å². The summed E-state index contributed by atoms with van der Waals surface area (Å²) in [5.41, 5.74) is 0.107. The minimum Gasteiger partial charge on any atom is -0.414 e. The van der Waals surface area contributed by atoms with Crippen molar-refractivity contribution in [1.82, 2.24) is 4.37 Å². The number of halogens is 2. The molecule has 0 aliphatic carbocycles. The molecule has 0 radical (unpaired) electrons. The molecule has 7 heteroatoms. The second-order valence-electron chi connectivity index (χ2n) is 2.98. The number of nitriles is 1. The van der Waals surface area contributed by atoms with E-state index in [-0.39, 0.29) is 11.4 Å². The van der Waals surface area contributed by atoms with Crippen LogP contribution in [0, 0.1) is 11.3 Å². The average Bonchev–Trinajstić information content (AvgIpc) is 2.59. The Morgan fingerprint density at radius 2 is 2.31 bits per heavy atom. The first-order valence-corrected chi connectivity index (χ1v) is 6.25. The lowest BCUT2D eigenvalue weighted by molar-refractivity contribution is -0.0524. The molecule has 0 saturated carbocycles. The Morgan fingerprint density at radius 3 is 2.81 bits per heavy atom. The highest BCUT2D eigenvalue weighted by Gasteiger charge is 2.19. The quantitative estimate of drug-likeness (QED) is 0.763. The van der Waals surface area contributed by atoms with Gasteiger partial charge in [-0.25, -0.2) is 0 Å². The molecular formula is C9H10F2N2OS2. The average molecular weight is 264 g/mol. The molecular weight excluding hydrogens is 254 g/mol. The molecule has 0 N–H and O–H groups in total. The fraction of sp³-hybridized carbons (Fsp3) is 0.556. The second-order valence-corrected chi connectivity index (χ2v) is 5.46. The molecule has 1 atom stereocenters. The summed E-state index contributed by atoms with van der Waals surface area (Å²) < 4.78 is 32.5. The Hall–Kier alpha value is -0.870. The van der Waals surface area contributed by atoms with E-state index in [1.165, 1.54) is 11.8 Å². The summed E-state index contributed by atoms with van der Waals surface area (Å²) in [6.45, 7) is 1.07. The van der Waals surface area contributed by atoms with Gasteiger partial charge in [-0.1, -0.05) is 13.8 Å². The molecule has 1 unspecified atom stereocenters. The molecule has 1 heterocycles. The first-order chi connectivity index (χ1) is 7.58. The molecule has 0 aromatic carbocycles. The summed E-state index contributed by atoms with van der Waals surface area (Å²) in [5, 5.41) is 9.18. The zero-order valence-electron chi connectivity index (χ0n) is 8.74. The van der Waals surface area contributed by atoms with E-state index in [9.17, 15) is 8.78 Å². The van der Waals surface area contributed by atoms with Crippen LogP contribution in [-0.2, 0) is 0 Å². The number of hydrogen-bond acceptors (Lipinski definition) is 5. The van der Waals surface area contributed by atoms with Crippen molar-refractivity contribution < 1.29 is 13.5 Å². The zero-order chi connectivity index (χ0) is 12.1. The van der Waals surface area contributed by atoms with Crippen LogP contribution in [0.5, 0.6) is 5.88 Å². The van der Waals surface area contributed by atoms with E-state index >= 15 is 0 Å². The lowest BCUT2D eigenvalue weighted by Gasteiger charge is -2.05. The molecule has 0 fully saturated rings. The lowest BCUT2D eigenvalue weighted by atomic mass is 10.4. The van der Waals surface area contributed by atoms with Gasteiger partial charge in [0.25, 0.3) is 0 Å². The predicted octanol–water partition coefficient (Wildman–Crippen LogP) is 3.51. The number of rotatable bonds is 5. The molecule has 1 rings (SSSR count). The van der Waals surface area contributed by atoms with Gasteiger partial charge in [-0.2, -0.15) is 18.4 Å². The highest BCUT2D eigenvalue weighted by molar-refractivity contribution is 8.01. The van der Waals surface area contributed by atoms with Crippen LogP contribution in [-0.4, -0.2) is 16.2 Å². The van der Waals surface area contributed by atoms with E-state index in [1.54, 1.807) is 0 Å². The van der Waals surface area contributed by atoms with Crippen LogP contribution >= 0.6 is 23.3 Å². The predicted molar refractivity (Wildman–Crippen MR) is 59.1 cm³/mol. The van der Waals surface area contributed by atoms with Crippen LogP contribution in [0.2, 0.25) is 0 Å². The molecule has 3 nitrogen and oxygen atoms in total. The van der Waals surface area contributed by atoms with Crippen LogP contribution in [0.15, 0.2) is 4.21 Å². The fourth-order valence-electron chi connectivity index (χ4n) is 0.866. The molecule has 0 amide bonds. The maximum absolute atomic E-state index is 12.0. The second kappa shape index (κ2) is 6.01. The van der Waals surface area contributed by atoms with Crippen molar-refractivity contribution >= 4 is 23.3 Å². The Bertz CT molecular complexity index is 389. The summed E-state index contributed by atoms with van der Waals surface area (Å²) in [7, 11) is 0. The van der Waals surface area contributed by atoms with Crippen molar-refractivity contribution in [2.45, 2.75) is 36.3 Å². The summed E-state index contributed by atoms with van der Waals surface area (Å²) in [6, 6.07) is 1.85. The van der Waals surface area contributed by atoms with Gasteiger partial charge in [-0.3, -0.25) is 0 Å². The molecule has 0 bridgehead atoms. The molecule has 0 spiro atoms. The minimum absolute atomic E-state index is 0.107. The van der Waals surface area contributed by atoms with Gasteiger partial charge in [-0.15, -0.1) is 11.8 Å². The Morgan fingerprint density at radius 1 is 1.62 bits per heavy atom. The van der Waals surface area contributed by atoms with Crippen LogP contribution in [0.25, 0.3) is 0 Å². The SMILES string of the molecule is CCC(C)Sc1snc(OC(F)F)c1C#N. The summed E-state index contributed by atoms with van der Waals surface area (Å²) in [5.74, 6) is -0.270. The van der Waals surface area contributed by atoms with E-state index in [2.05, 4.69) is 9.11 Å². The molecule has 0 saturated heterocycles. The molecule has 0 aliphatic heterocycles. The third-order valence-electron chi connectivity index (χ3n) is 1.83. The van der Waals surface area contributed by atoms with Crippen LogP contribution < -0.4 is 4.74 Å². The van der Waals surface area contributed by atoms with Crippen molar-refractivity contribution in [2.24, 2.45) is 0 Å². The smallest absolute Gasteiger partial charge is 0.388 e. The minimum atomic E-state index is -2.95. The van der Waals surface area contributed by atoms with E-state index in [0.717, 1.165) is 18.0 Å². The van der Waals surface area contributed by atoms with Crippen molar-refractivity contribution in [2.75, 3.05) is 0 Å². The highest BCUT2D eigenvalue weighted by atomic mass is 32.2. The Balaban J connectivity index is 2.87. The van der Waals surface area contributed by atoms with Crippen LogP contribution in [0.3, 0.4) is 0 Å². The van der Waals surface area contributed by atoms with E-state index in [4.69, 9.17) is 5.26 Å². The third-order valence-corrected chi connectivity index (χ3v) is 4.12. The van der Waals surface area contributed by atoms with Crippen molar-refractivity contribution in [3.8, 4) is 11.9 Å². The normalized spacial score (nSPS) is 12.5. The van der Waals surface area contributed by atoms with Gasteiger partial charge in [0.2, 0.25) is 5.88 Å². The van der Waals surface area contributed by atoms with Crippen LogP contribution in [0.1, 0.15) is 25.8 Å². The first kappa shape index (κ1) is 13.2. The van der Waals surface area contributed by atoms with E-state index < -0.39 is 6.61 Å². The number of ether oxygens (including phenoxy) is 1. The van der Waals surface area contributed by atoms with Gasteiger partial charge >= 0.3 is 6.61 Å². The van der Waals surface area contributed by atoms with Gasteiger partial charge in [-0.05, 0) is 18.0 Å². The van der Waals surface area contributed by atoms with Gasteiger partial charge < -0.3 is 4.74 Å². The number of alkyl halides is 2. The molecule has 1 aromatic rings. The summed E-state index contributed by atoms with van der Waals surface area (Å²) in [6.07, 6.45) is 0.929. The maximum Gasteiger partial charge on any atom is 0.388 e. The number of nitrogens with zero attached hydrogens (tertiary/aromatic N) is 2. The van der Waals surface area contributed by atoms with Gasteiger partial charge in [0.1, 0.15) is 15.8 Å². The lowest BCUT2D eigenvalue weighted by Crippen LogP contribution is -2.03. The Labute approximate surface area is 101 Å². The zero-order valence-corrected chi connectivity index (χ0v) is 10.4. The Kier molecular flexibility index (Phi) is 4.96. The third kappa shape index (κ3) is 3.32. The summed E-state index contributed by atoms with van der Waals surface area (Å²) >= 11 is 2.47. The van der Waals surface area contributed by atoms with Gasteiger partial charge in [0.05, 0.1) is 0 Å². The van der Waals surface area contributed by atoms with Gasteiger partial charge in [0, 0.05) is 5.25 Å². The summed E-state index contributed by atoms with van der Waals surface area (Å²) in [4.78, 5) is 0. The number of hydrogen-bond donors (Lipinski definition) is 0.